The van der Waals surface area contributed by atoms with Crippen LogP contribution >= 0.6 is 0 Å². The van der Waals surface area contributed by atoms with Crippen molar-refractivity contribution in [3.63, 3.8) is 0 Å². The summed E-state index contributed by atoms with van der Waals surface area (Å²) in [6.45, 7) is 0. The second-order valence-corrected chi connectivity index (χ2v) is 6.27. The number of carboxylic acid groups (broad SMARTS) is 1. The van der Waals surface area contributed by atoms with Crippen LogP contribution in [0.3, 0.4) is 0 Å². The molecule has 0 aliphatic heterocycles. The van der Waals surface area contributed by atoms with E-state index >= 15 is 0 Å². The molecular formula is C22H18O2. The molecule has 0 amide bonds. The van der Waals surface area contributed by atoms with E-state index < -0.39 is 11.9 Å². The van der Waals surface area contributed by atoms with E-state index in [-0.39, 0.29) is 11.8 Å². The third kappa shape index (κ3) is 2.31. The molecule has 118 valence electrons. The summed E-state index contributed by atoms with van der Waals surface area (Å²) in [5.41, 5.74) is 4.39. The van der Waals surface area contributed by atoms with E-state index in [2.05, 4.69) is 12.1 Å². The quantitative estimate of drug-likeness (QED) is 0.763. The fourth-order valence-corrected chi connectivity index (χ4v) is 4.04. The van der Waals surface area contributed by atoms with Crippen LogP contribution in [0.15, 0.2) is 84.9 Å². The molecular weight excluding hydrogens is 296 g/mol. The van der Waals surface area contributed by atoms with Gasteiger partial charge in [-0.3, -0.25) is 4.79 Å². The maximum Gasteiger partial charge on any atom is 0.308 e. The van der Waals surface area contributed by atoms with Gasteiger partial charge in [0.2, 0.25) is 0 Å². The normalized spacial score (nSPS) is 19.8. The van der Waals surface area contributed by atoms with E-state index in [0.29, 0.717) is 0 Å². The second-order valence-electron chi connectivity index (χ2n) is 6.27. The number of carboxylic acids is 1. The van der Waals surface area contributed by atoms with Gasteiger partial charge < -0.3 is 5.11 Å². The second kappa shape index (κ2) is 5.97. The summed E-state index contributed by atoms with van der Waals surface area (Å²) < 4.78 is 0. The van der Waals surface area contributed by atoms with Gasteiger partial charge in [-0.1, -0.05) is 84.9 Å². The van der Waals surface area contributed by atoms with Crippen molar-refractivity contribution in [2.24, 2.45) is 5.92 Å². The molecule has 3 aromatic carbocycles. The Morgan fingerprint density at radius 1 is 0.625 bits per heavy atom. The average molecular weight is 314 g/mol. The molecule has 0 aromatic heterocycles. The molecule has 0 spiro atoms. The van der Waals surface area contributed by atoms with Crippen LogP contribution < -0.4 is 0 Å². The van der Waals surface area contributed by atoms with Crippen LogP contribution in [0.25, 0.3) is 0 Å². The molecule has 2 atom stereocenters. The highest BCUT2D eigenvalue weighted by Crippen LogP contribution is 2.52. The summed E-state index contributed by atoms with van der Waals surface area (Å²) in [5.74, 6) is -1.48. The van der Waals surface area contributed by atoms with Crippen LogP contribution in [0, 0.1) is 5.92 Å². The lowest BCUT2D eigenvalue weighted by Gasteiger charge is -2.22. The Hall–Kier alpha value is -2.87. The van der Waals surface area contributed by atoms with Crippen molar-refractivity contribution in [2.75, 3.05) is 0 Å². The van der Waals surface area contributed by atoms with Gasteiger partial charge in [0.1, 0.15) is 0 Å². The van der Waals surface area contributed by atoms with E-state index in [0.717, 1.165) is 22.3 Å². The largest absolute Gasteiger partial charge is 0.481 e. The summed E-state index contributed by atoms with van der Waals surface area (Å²) in [6, 6.07) is 28.1. The molecule has 4 rings (SSSR count). The lowest BCUT2D eigenvalue weighted by Crippen LogP contribution is -2.23. The molecule has 3 aromatic rings. The van der Waals surface area contributed by atoms with Crippen LogP contribution in [-0.4, -0.2) is 11.1 Å². The van der Waals surface area contributed by atoms with Crippen molar-refractivity contribution in [1.29, 1.82) is 0 Å². The third-order valence-corrected chi connectivity index (χ3v) is 4.99. The predicted octanol–water partition coefficient (Wildman–Crippen LogP) is 4.66. The van der Waals surface area contributed by atoms with Crippen molar-refractivity contribution >= 4 is 5.97 Å². The Morgan fingerprint density at radius 2 is 1.00 bits per heavy atom. The van der Waals surface area contributed by atoms with Crippen LogP contribution in [-0.2, 0) is 4.79 Å². The minimum absolute atomic E-state index is 0.120. The highest BCUT2D eigenvalue weighted by molar-refractivity contribution is 5.77. The fraction of sp³-hybridized carbons (Fsp3) is 0.136. The summed E-state index contributed by atoms with van der Waals surface area (Å²) in [6.07, 6.45) is 0. The lowest BCUT2D eigenvalue weighted by molar-refractivity contribution is -0.142. The topological polar surface area (TPSA) is 37.3 Å². The maximum atomic E-state index is 12.2. The number of benzene rings is 3. The van der Waals surface area contributed by atoms with Crippen molar-refractivity contribution in [3.8, 4) is 0 Å². The average Bonchev–Trinajstić information content (AvgIpc) is 2.98. The highest BCUT2D eigenvalue weighted by atomic mass is 16.4. The summed E-state index contributed by atoms with van der Waals surface area (Å²) >= 11 is 0. The van der Waals surface area contributed by atoms with E-state index in [9.17, 15) is 9.90 Å². The fourth-order valence-electron chi connectivity index (χ4n) is 4.04. The number of hydrogen-bond acceptors (Lipinski definition) is 1. The molecule has 0 unspecified atom stereocenters. The van der Waals surface area contributed by atoms with Gasteiger partial charge in [0.25, 0.3) is 0 Å². The van der Waals surface area contributed by atoms with Gasteiger partial charge >= 0.3 is 5.97 Å². The number of carbonyl (C=O) groups is 1. The first-order valence-corrected chi connectivity index (χ1v) is 8.19. The van der Waals surface area contributed by atoms with Gasteiger partial charge in [0.15, 0.2) is 0 Å². The molecule has 1 aliphatic rings. The molecule has 0 heterocycles. The molecule has 0 radical (unpaired) electrons. The Balaban J connectivity index is 1.94. The first-order chi connectivity index (χ1) is 11.8. The minimum Gasteiger partial charge on any atom is -0.481 e. The number of fused-ring (bicyclic) bond motifs is 1. The molecule has 1 N–H and O–H groups in total. The van der Waals surface area contributed by atoms with Crippen LogP contribution in [0.4, 0.5) is 0 Å². The third-order valence-electron chi connectivity index (χ3n) is 4.99. The van der Waals surface area contributed by atoms with Gasteiger partial charge in [0.05, 0.1) is 5.92 Å². The molecule has 24 heavy (non-hydrogen) atoms. The van der Waals surface area contributed by atoms with Crippen molar-refractivity contribution < 1.29 is 9.90 Å². The standard InChI is InChI=1S/C22H18O2/c23-22(24)21-19(15-9-3-1-4-10-15)17-13-7-8-14-18(17)20(21)16-11-5-2-6-12-16/h1-14,19-21H,(H,23,24)/t19-,20-/m0/s1. The number of aliphatic carboxylic acids is 1. The van der Waals surface area contributed by atoms with Crippen molar-refractivity contribution in [1.82, 2.24) is 0 Å². The van der Waals surface area contributed by atoms with Crippen molar-refractivity contribution in [2.45, 2.75) is 11.8 Å². The predicted molar refractivity (Wildman–Crippen MR) is 94.1 cm³/mol. The molecule has 2 heteroatoms. The van der Waals surface area contributed by atoms with Gasteiger partial charge in [-0.2, -0.15) is 0 Å². The molecule has 1 aliphatic carbocycles. The maximum absolute atomic E-state index is 12.2. The Morgan fingerprint density at radius 3 is 1.38 bits per heavy atom. The zero-order chi connectivity index (χ0) is 16.5. The molecule has 0 fully saturated rings. The summed E-state index contributed by atoms with van der Waals surface area (Å²) in [4.78, 5) is 12.2. The number of hydrogen-bond donors (Lipinski definition) is 1. The van der Waals surface area contributed by atoms with Crippen LogP contribution in [0.1, 0.15) is 34.1 Å². The monoisotopic (exact) mass is 314 g/mol. The van der Waals surface area contributed by atoms with Gasteiger partial charge in [-0.15, -0.1) is 0 Å². The van der Waals surface area contributed by atoms with E-state index in [1.165, 1.54) is 0 Å². The minimum atomic E-state index is -0.742. The van der Waals surface area contributed by atoms with Gasteiger partial charge in [0, 0.05) is 11.8 Å². The van der Waals surface area contributed by atoms with Gasteiger partial charge in [-0.05, 0) is 22.3 Å². The van der Waals surface area contributed by atoms with E-state index in [1.807, 2.05) is 72.8 Å². The summed E-state index contributed by atoms with van der Waals surface area (Å²) in [5, 5.41) is 10.0. The number of rotatable bonds is 3. The van der Waals surface area contributed by atoms with Crippen LogP contribution in [0.2, 0.25) is 0 Å². The first kappa shape index (κ1) is 14.7. The van der Waals surface area contributed by atoms with E-state index in [4.69, 9.17) is 0 Å². The first-order valence-electron chi connectivity index (χ1n) is 8.19. The molecule has 0 bridgehead atoms. The Bertz CT molecular complexity index is 789. The SMILES string of the molecule is O=C(O)C1[C@@H](c2ccccc2)c2ccccc2[C@@H]1c1ccccc1. The Kier molecular flexibility index (Phi) is 3.66. The lowest BCUT2D eigenvalue weighted by atomic mass is 9.80. The zero-order valence-electron chi connectivity index (χ0n) is 13.2. The van der Waals surface area contributed by atoms with Gasteiger partial charge in [-0.25, -0.2) is 0 Å². The molecule has 0 saturated heterocycles. The Labute approximate surface area is 141 Å². The summed E-state index contributed by atoms with van der Waals surface area (Å²) in [7, 11) is 0. The smallest absolute Gasteiger partial charge is 0.308 e. The molecule has 0 saturated carbocycles. The highest BCUT2D eigenvalue weighted by Gasteiger charge is 2.46. The van der Waals surface area contributed by atoms with Crippen molar-refractivity contribution in [3.05, 3.63) is 107 Å². The zero-order valence-corrected chi connectivity index (χ0v) is 13.2. The molecule has 2 nitrogen and oxygen atoms in total. The van der Waals surface area contributed by atoms with E-state index in [1.54, 1.807) is 0 Å². The van der Waals surface area contributed by atoms with Crippen LogP contribution in [0.5, 0.6) is 0 Å².